The molecule has 8 nitrogen and oxygen atoms in total. The third-order valence-electron chi connectivity index (χ3n) is 3.33. The lowest BCUT2D eigenvalue weighted by molar-refractivity contribution is 0.101. The SMILES string of the molecule is O=C(Nc1cnc2[nH]ncc2c1)c1ccnn1-c1ccncc1. The van der Waals surface area contributed by atoms with E-state index in [4.69, 9.17) is 0 Å². The first-order valence-corrected chi connectivity index (χ1v) is 6.86. The van der Waals surface area contributed by atoms with Gasteiger partial charge in [0.05, 0.1) is 30.0 Å². The van der Waals surface area contributed by atoms with Crippen LogP contribution in [0.15, 0.2) is 55.2 Å². The fourth-order valence-electron chi connectivity index (χ4n) is 2.27. The van der Waals surface area contributed by atoms with Gasteiger partial charge in [-0.05, 0) is 24.3 Å². The molecule has 0 saturated carbocycles. The van der Waals surface area contributed by atoms with Crippen LogP contribution in [0.2, 0.25) is 0 Å². The van der Waals surface area contributed by atoms with Crippen molar-refractivity contribution in [2.45, 2.75) is 0 Å². The van der Waals surface area contributed by atoms with E-state index in [1.165, 1.54) is 0 Å². The number of pyridine rings is 2. The maximum atomic E-state index is 12.5. The van der Waals surface area contributed by atoms with E-state index in [-0.39, 0.29) is 5.91 Å². The van der Waals surface area contributed by atoms with Crippen molar-refractivity contribution in [3.8, 4) is 5.69 Å². The summed E-state index contributed by atoms with van der Waals surface area (Å²) in [6.07, 6.45) is 8.10. The second kappa shape index (κ2) is 5.34. The number of amides is 1. The van der Waals surface area contributed by atoms with E-state index in [0.717, 1.165) is 11.1 Å². The fourth-order valence-corrected chi connectivity index (χ4v) is 2.27. The summed E-state index contributed by atoms with van der Waals surface area (Å²) in [4.78, 5) is 20.7. The van der Waals surface area contributed by atoms with E-state index >= 15 is 0 Å². The van der Waals surface area contributed by atoms with Crippen LogP contribution >= 0.6 is 0 Å². The normalized spacial score (nSPS) is 10.8. The third-order valence-corrected chi connectivity index (χ3v) is 3.33. The Labute approximate surface area is 130 Å². The number of rotatable bonds is 3. The van der Waals surface area contributed by atoms with Gasteiger partial charge < -0.3 is 5.32 Å². The lowest BCUT2D eigenvalue weighted by Crippen LogP contribution is -2.17. The first kappa shape index (κ1) is 13.1. The highest BCUT2D eigenvalue weighted by atomic mass is 16.2. The summed E-state index contributed by atoms with van der Waals surface area (Å²) >= 11 is 0. The monoisotopic (exact) mass is 305 g/mol. The lowest BCUT2D eigenvalue weighted by Gasteiger charge is -2.08. The van der Waals surface area contributed by atoms with Gasteiger partial charge in [-0.3, -0.25) is 14.9 Å². The molecule has 0 bridgehead atoms. The summed E-state index contributed by atoms with van der Waals surface area (Å²) in [5, 5.41) is 14.5. The molecule has 0 saturated heterocycles. The van der Waals surface area contributed by atoms with Crippen molar-refractivity contribution >= 4 is 22.6 Å². The molecule has 0 unspecified atom stereocenters. The summed E-state index contributed by atoms with van der Waals surface area (Å²) in [7, 11) is 0. The van der Waals surface area contributed by atoms with Gasteiger partial charge in [-0.2, -0.15) is 10.2 Å². The van der Waals surface area contributed by atoms with Crippen LogP contribution in [0.25, 0.3) is 16.7 Å². The minimum absolute atomic E-state index is 0.274. The molecule has 0 fully saturated rings. The number of nitrogens with zero attached hydrogens (tertiary/aromatic N) is 5. The maximum absolute atomic E-state index is 12.5. The van der Waals surface area contributed by atoms with Gasteiger partial charge in [0.15, 0.2) is 5.65 Å². The Morgan fingerprint density at radius 2 is 2.00 bits per heavy atom. The number of hydrogen-bond acceptors (Lipinski definition) is 5. The van der Waals surface area contributed by atoms with Crippen LogP contribution in [0, 0.1) is 0 Å². The minimum atomic E-state index is -0.274. The molecule has 0 aliphatic carbocycles. The number of fused-ring (bicyclic) bond motifs is 1. The molecular weight excluding hydrogens is 294 g/mol. The molecule has 0 atom stereocenters. The van der Waals surface area contributed by atoms with Crippen LogP contribution < -0.4 is 5.32 Å². The van der Waals surface area contributed by atoms with E-state index in [9.17, 15) is 4.79 Å². The molecule has 0 aliphatic rings. The molecule has 4 aromatic heterocycles. The number of hydrogen-bond donors (Lipinski definition) is 2. The topological polar surface area (TPSA) is 101 Å². The average molecular weight is 305 g/mol. The van der Waals surface area contributed by atoms with E-state index in [1.807, 2.05) is 0 Å². The van der Waals surface area contributed by atoms with Crippen molar-refractivity contribution in [3.63, 3.8) is 0 Å². The summed E-state index contributed by atoms with van der Waals surface area (Å²) < 4.78 is 1.56. The lowest BCUT2D eigenvalue weighted by atomic mass is 10.3. The Bertz CT molecular complexity index is 974. The molecule has 0 aromatic carbocycles. The fraction of sp³-hybridized carbons (Fsp3) is 0. The van der Waals surface area contributed by atoms with Crippen LogP contribution in [-0.2, 0) is 0 Å². The molecule has 2 N–H and O–H groups in total. The molecule has 4 heterocycles. The molecule has 23 heavy (non-hydrogen) atoms. The Morgan fingerprint density at radius 1 is 1.13 bits per heavy atom. The minimum Gasteiger partial charge on any atom is -0.319 e. The average Bonchev–Trinajstić information content (AvgIpc) is 3.24. The number of aromatic amines is 1. The van der Waals surface area contributed by atoms with Gasteiger partial charge >= 0.3 is 0 Å². The second-order valence-electron chi connectivity index (χ2n) is 4.82. The Balaban J connectivity index is 1.64. The molecule has 0 radical (unpaired) electrons. The number of carbonyl (C=O) groups excluding carboxylic acids is 1. The molecular formula is C15H11N7O. The van der Waals surface area contributed by atoms with Gasteiger partial charge in [0.25, 0.3) is 5.91 Å². The summed E-state index contributed by atoms with van der Waals surface area (Å²) in [6, 6.07) is 7.02. The Morgan fingerprint density at radius 3 is 2.87 bits per heavy atom. The van der Waals surface area contributed by atoms with Gasteiger partial charge in [0.2, 0.25) is 0 Å². The highest BCUT2D eigenvalue weighted by Gasteiger charge is 2.14. The van der Waals surface area contributed by atoms with Crippen molar-refractivity contribution in [3.05, 3.63) is 60.9 Å². The van der Waals surface area contributed by atoms with Crippen molar-refractivity contribution in [1.29, 1.82) is 0 Å². The third kappa shape index (κ3) is 2.42. The van der Waals surface area contributed by atoms with Crippen LogP contribution in [0.5, 0.6) is 0 Å². The smallest absolute Gasteiger partial charge is 0.274 e. The number of carbonyl (C=O) groups is 1. The zero-order chi connectivity index (χ0) is 15.6. The van der Waals surface area contributed by atoms with Crippen LogP contribution in [0.1, 0.15) is 10.5 Å². The van der Waals surface area contributed by atoms with Crippen LogP contribution in [0.3, 0.4) is 0 Å². The van der Waals surface area contributed by atoms with Crippen molar-refractivity contribution in [2.75, 3.05) is 5.32 Å². The van der Waals surface area contributed by atoms with Gasteiger partial charge in [-0.15, -0.1) is 0 Å². The molecule has 0 spiro atoms. The summed E-state index contributed by atoms with van der Waals surface area (Å²) in [5.41, 5.74) is 2.44. The Hall–Kier alpha value is -3.55. The quantitative estimate of drug-likeness (QED) is 0.601. The molecule has 8 heteroatoms. The predicted octanol–water partition coefficient (Wildman–Crippen LogP) is 1.79. The van der Waals surface area contributed by atoms with Crippen molar-refractivity contribution in [2.24, 2.45) is 0 Å². The molecule has 4 rings (SSSR count). The number of nitrogens with one attached hydrogen (secondary N) is 2. The second-order valence-corrected chi connectivity index (χ2v) is 4.82. The van der Waals surface area contributed by atoms with Gasteiger partial charge in [0, 0.05) is 17.8 Å². The maximum Gasteiger partial charge on any atom is 0.274 e. The van der Waals surface area contributed by atoms with Crippen LogP contribution in [0.4, 0.5) is 5.69 Å². The van der Waals surface area contributed by atoms with Gasteiger partial charge in [0.1, 0.15) is 5.69 Å². The predicted molar refractivity (Wildman–Crippen MR) is 83.2 cm³/mol. The highest BCUT2D eigenvalue weighted by Crippen LogP contribution is 2.16. The van der Waals surface area contributed by atoms with Gasteiger partial charge in [-0.25, -0.2) is 9.67 Å². The van der Waals surface area contributed by atoms with Gasteiger partial charge in [-0.1, -0.05) is 0 Å². The molecule has 0 aliphatic heterocycles. The number of anilines is 1. The summed E-state index contributed by atoms with van der Waals surface area (Å²) in [5.74, 6) is -0.274. The largest absolute Gasteiger partial charge is 0.319 e. The van der Waals surface area contributed by atoms with E-state index in [0.29, 0.717) is 17.0 Å². The van der Waals surface area contributed by atoms with Crippen molar-refractivity contribution in [1.82, 2.24) is 29.9 Å². The molecule has 4 aromatic rings. The highest BCUT2D eigenvalue weighted by molar-refractivity contribution is 6.04. The number of H-pyrrole nitrogens is 1. The zero-order valence-corrected chi connectivity index (χ0v) is 11.8. The zero-order valence-electron chi connectivity index (χ0n) is 11.8. The molecule has 112 valence electrons. The first-order chi connectivity index (χ1) is 11.3. The first-order valence-electron chi connectivity index (χ1n) is 6.86. The van der Waals surface area contributed by atoms with Crippen LogP contribution in [-0.4, -0.2) is 35.9 Å². The number of aromatic nitrogens is 6. The van der Waals surface area contributed by atoms with E-state index in [1.54, 1.807) is 59.9 Å². The van der Waals surface area contributed by atoms with E-state index in [2.05, 4.69) is 30.6 Å². The standard InChI is InChI=1S/C15H11N7O/c23-15(20-11-7-10-8-18-21-14(10)17-9-11)13-3-6-19-22(13)12-1-4-16-5-2-12/h1-9H,(H,20,23)(H,17,18,21). The summed E-state index contributed by atoms with van der Waals surface area (Å²) in [6.45, 7) is 0. The molecule has 1 amide bonds. The van der Waals surface area contributed by atoms with Crippen molar-refractivity contribution < 1.29 is 4.79 Å². The Kier molecular flexibility index (Phi) is 3.05. The van der Waals surface area contributed by atoms with E-state index < -0.39 is 0 Å².